The normalized spacial score (nSPS) is 15.9. The first-order valence-electron chi connectivity index (χ1n) is 4.23. The van der Waals surface area contributed by atoms with Crippen molar-refractivity contribution in [3.05, 3.63) is 27.1 Å². The lowest BCUT2D eigenvalue weighted by Gasteiger charge is -2.16. The lowest BCUT2D eigenvalue weighted by Crippen LogP contribution is -2.12. The van der Waals surface area contributed by atoms with Crippen LogP contribution in [0.25, 0.3) is 0 Å². The van der Waals surface area contributed by atoms with Crippen molar-refractivity contribution in [3.8, 4) is 0 Å². The first-order valence-corrected chi connectivity index (χ1v) is 5.81. The quantitative estimate of drug-likeness (QED) is 0.865. The molecule has 0 aromatic heterocycles. The highest BCUT2D eigenvalue weighted by molar-refractivity contribution is 9.11. The summed E-state index contributed by atoms with van der Waals surface area (Å²) in [5, 5.41) is 6.15. The highest BCUT2D eigenvalue weighted by Gasteiger charge is 2.17. The molecule has 0 atom stereocenters. The largest absolute Gasteiger partial charge is 0.386 e. The summed E-state index contributed by atoms with van der Waals surface area (Å²) in [7, 11) is 0. The molecule has 2 rings (SSSR count). The van der Waals surface area contributed by atoms with E-state index in [0.29, 0.717) is 5.84 Å². The summed E-state index contributed by atoms with van der Waals surface area (Å²) in [6.45, 7) is 0.840. The number of benzene rings is 1. The van der Waals surface area contributed by atoms with Crippen molar-refractivity contribution in [3.63, 3.8) is 0 Å². The summed E-state index contributed by atoms with van der Waals surface area (Å²) in [6.07, 6.45) is 0.827. The molecule has 3 nitrogen and oxygen atoms in total. The Labute approximate surface area is 99.2 Å². The lowest BCUT2D eigenvalue weighted by molar-refractivity contribution is 0.915. The van der Waals surface area contributed by atoms with Crippen LogP contribution in [0.3, 0.4) is 0 Å². The van der Waals surface area contributed by atoms with E-state index in [4.69, 9.17) is 5.73 Å². The van der Waals surface area contributed by atoms with Crippen LogP contribution in [0, 0.1) is 0 Å². The van der Waals surface area contributed by atoms with E-state index in [9.17, 15) is 0 Å². The second-order valence-corrected chi connectivity index (χ2v) is 4.74. The number of hydrazone groups is 1. The summed E-state index contributed by atoms with van der Waals surface area (Å²) in [6, 6.07) is 5.95. The zero-order valence-corrected chi connectivity index (χ0v) is 10.5. The van der Waals surface area contributed by atoms with Gasteiger partial charge in [0.2, 0.25) is 0 Å². The summed E-state index contributed by atoms with van der Waals surface area (Å²) in [4.78, 5) is 0. The Morgan fingerprint density at radius 2 is 1.93 bits per heavy atom. The number of hydrogen-bond acceptors (Lipinski definition) is 3. The van der Waals surface area contributed by atoms with Crippen LogP contribution in [-0.4, -0.2) is 12.4 Å². The fraction of sp³-hybridized carbons (Fsp3) is 0.222. The van der Waals surface area contributed by atoms with Crippen LogP contribution in [0.4, 0.5) is 5.69 Å². The van der Waals surface area contributed by atoms with E-state index < -0.39 is 0 Å². The zero-order chi connectivity index (χ0) is 10.1. The van der Waals surface area contributed by atoms with Crippen molar-refractivity contribution in [2.75, 3.05) is 11.6 Å². The van der Waals surface area contributed by atoms with Gasteiger partial charge in [-0.2, -0.15) is 5.10 Å². The molecule has 1 heterocycles. The molecule has 0 radical (unpaired) electrons. The van der Waals surface area contributed by atoms with Crippen molar-refractivity contribution >= 4 is 43.4 Å². The molecule has 0 aliphatic carbocycles. The summed E-state index contributed by atoms with van der Waals surface area (Å²) in [5.74, 6) is 0.688. The fourth-order valence-corrected chi connectivity index (χ4v) is 2.78. The van der Waals surface area contributed by atoms with Gasteiger partial charge in [0.25, 0.3) is 0 Å². The van der Waals surface area contributed by atoms with Gasteiger partial charge in [-0.05, 0) is 44.0 Å². The van der Waals surface area contributed by atoms with Crippen LogP contribution in [0.1, 0.15) is 6.42 Å². The maximum atomic E-state index is 5.64. The van der Waals surface area contributed by atoms with Crippen molar-refractivity contribution < 1.29 is 0 Å². The van der Waals surface area contributed by atoms with E-state index in [2.05, 4.69) is 37.0 Å². The number of nitrogens with zero attached hydrogens (tertiary/aromatic N) is 2. The van der Waals surface area contributed by atoms with Crippen LogP contribution >= 0.6 is 31.9 Å². The van der Waals surface area contributed by atoms with Crippen molar-refractivity contribution in [1.82, 2.24) is 0 Å². The minimum Gasteiger partial charge on any atom is -0.386 e. The molecule has 1 aliphatic rings. The van der Waals surface area contributed by atoms with Gasteiger partial charge in [-0.25, -0.2) is 0 Å². The van der Waals surface area contributed by atoms with E-state index in [1.54, 1.807) is 0 Å². The number of anilines is 1. The van der Waals surface area contributed by atoms with E-state index in [1.807, 2.05) is 23.2 Å². The molecule has 0 unspecified atom stereocenters. The number of para-hydroxylation sites is 1. The first-order chi connectivity index (χ1) is 6.68. The number of halogens is 2. The van der Waals surface area contributed by atoms with Crippen molar-refractivity contribution in [1.29, 1.82) is 0 Å². The van der Waals surface area contributed by atoms with Crippen LogP contribution in [0.15, 0.2) is 32.2 Å². The van der Waals surface area contributed by atoms with Gasteiger partial charge in [-0.1, -0.05) is 6.07 Å². The van der Waals surface area contributed by atoms with E-state index >= 15 is 0 Å². The second kappa shape index (κ2) is 3.90. The minimum absolute atomic E-state index is 0.688. The lowest BCUT2D eigenvalue weighted by atomic mass is 10.3. The zero-order valence-electron chi connectivity index (χ0n) is 7.37. The SMILES string of the molecule is NC1=NN(c2c(Br)cccc2Br)CC1. The van der Waals surface area contributed by atoms with Crippen LogP contribution < -0.4 is 10.7 Å². The molecule has 0 bridgehead atoms. The third-order valence-electron chi connectivity index (χ3n) is 2.02. The smallest absolute Gasteiger partial charge is 0.122 e. The Morgan fingerprint density at radius 1 is 1.29 bits per heavy atom. The number of amidine groups is 1. The number of rotatable bonds is 1. The predicted octanol–water partition coefficient (Wildman–Crippen LogP) is 2.69. The molecule has 0 amide bonds. The molecule has 0 saturated carbocycles. The summed E-state index contributed by atoms with van der Waals surface area (Å²) < 4.78 is 2.04. The van der Waals surface area contributed by atoms with Crippen LogP contribution in [0.2, 0.25) is 0 Å². The third-order valence-corrected chi connectivity index (χ3v) is 3.30. The first kappa shape index (κ1) is 9.98. The fourth-order valence-electron chi connectivity index (χ4n) is 1.37. The molecule has 14 heavy (non-hydrogen) atoms. The van der Waals surface area contributed by atoms with Gasteiger partial charge in [-0.3, -0.25) is 5.01 Å². The van der Waals surface area contributed by atoms with Crippen LogP contribution in [0.5, 0.6) is 0 Å². The molecular formula is C9H9Br2N3. The van der Waals surface area contributed by atoms with Gasteiger partial charge in [0, 0.05) is 21.9 Å². The van der Waals surface area contributed by atoms with E-state index in [0.717, 1.165) is 27.6 Å². The Balaban J connectivity index is 2.41. The molecule has 1 aromatic rings. The van der Waals surface area contributed by atoms with Gasteiger partial charge in [0.05, 0.1) is 5.69 Å². The van der Waals surface area contributed by atoms with E-state index in [1.165, 1.54) is 0 Å². The molecule has 0 fully saturated rings. The monoisotopic (exact) mass is 317 g/mol. The predicted molar refractivity (Wildman–Crippen MR) is 65.4 cm³/mol. The van der Waals surface area contributed by atoms with Crippen molar-refractivity contribution in [2.45, 2.75) is 6.42 Å². The highest BCUT2D eigenvalue weighted by atomic mass is 79.9. The highest BCUT2D eigenvalue weighted by Crippen LogP contribution is 2.35. The molecule has 1 aromatic carbocycles. The second-order valence-electron chi connectivity index (χ2n) is 3.03. The van der Waals surface area contributed by atoms with Gasteiger partial charge < -0.3 is 5.73 Å². The van der Waals surface area contributed by atoms with Gasteiger partial charge in [0.1, 0.15) is 5.84 Å². The molecular weight excluding hydrogens is 310 g/mol. The average Bonchev–Trinajstić information content (AvgIpc) is 2.51. The Hall–Kier alpha value is -0.550. The number of hydrogen-bond donors (Lipinski definition) is 1. The van der Waals surface area contributed by atoms with Gasteiger partial charge in [-0.15, -0.1) is 0 Å². The Kier molecular flexibility index (Phi) is 2.78. The summed E-state index contributed by atoms with van der Waals surface area (Å²) >= 11 is 6.99. The maximum Gasteiger partial charge on any atom is 0.122 e. The minimum atomic E-state index is 0.688. The molecule has 1 aliphatic heterocycles. The van der Waals surface area contributed by atoms with E-state index in [-0.39, 0.29) is 0 Å². The maximum absolute atomic E-state index is 5.64. The topological polar surface area (TPSA) is 41.6 Å². The average molecular weight is 319 g/mol. The Bertz CT molecular complexity index is 369. The Morgan fingerprint density at radius 3 is 2.43 bits per heavy atom. The summed E-state index contributed by atoms with van der Waals surface area (Å²) in [5.41, 5.74) is 6.68. The molecule has 0 saturated heterocycles. The van der Waals surface area contributed by atoms with Crippen LogP contribution in [-0.2, 0) is 0 Å². The molecule has 5 heteroatoms. The third kappa shape index (κ3) is 1.79. The standard InChI is InChI=1S/C9H9Br2N3/c10-6-2-1-3-7(11)9(6)14-5-4-8(12)13-14/h1-3H,4-5H2,(H2,12,13). The van der Waals surface area contributed by atoms with Crippen molar-refractivity contribution in [2.24, 2.45) is 10.8 Å². The molecule has 0 spiro atoms. The number of nitrogens with two attached hydrogens (primary N) is 1. The molecule has 2 N–H and O–H groups in total. The van der Waals surface area contributed by atoms with Gasteiger partial charge >= 0.3 is 0 Å². The van der Waals surface area contributed by atoms with Gasteiger partial charge in [0.15, 0.2) is 0 Å². The molecule has 74 valence electrons.